The van der Waals surface area contributed by atoms with Gasteiger partial charge in [0.25, 0.3) is 0 Å². The number of likely N-dealkylation sites (N-methyl/N-ethyl adjacent to an activating group) is 1. The molecule has 2 aromatic carbocycles. The summed E-state index contributed by atoms with van der Waals surface area (Å²) in [4.78, 5) is 8.97. The van der Waals surface area contributed by atoms with Gasteiger partial charge in [0.2, 0.25) is 26.6 Å². The van der Waals surface area contributed by atoms with Gasteiger partial charge < -0.3 is 14.2 Å². The van der Waals surface area contributed by atoms with Crippen LogP contribution in [0.5, 0.6) is 0 Å². The zero-order valence-corrected chi connectivity index (χ0v) is 16.6. The van der Waals surface area contributed by atoms with Crippen molar-refractivity contribution in [2.24, 2.45) is 0 Å². The van der Waals surface area contributed by atoms with Crippen molar-refractivity contribution in [1.82, 2.24) is 9.88 Å². The highest BCUT2D eigenvalue weighted by atomic mass is 32.2. The molecule has 1 aliphatic heterocycles. The van der Waals surface area contributed by atoms with Crippen LogP contribution in [0.4, 0.5) is 5.88 Å². The van der Waals surface area contributed by atoms with Crippen molar-refractivity contribution < 1.29 is 12.8 Å². The van der Waals surface area contributed by atoms with Gasteiger partial charge in [-0.1, -0.05) is 43.3 Å². The highest BCUT2D eigenvalue weighted by Crippen LogP contribution is 2.35. The first kappa shape index (κ1) is 18.7. The molecule has 7 heteroatoms. The van der Waals surface area contributed by atoms with Crippen LogP contribution < -0.4 is 4.90 Å². The van der Waals surface area contributed by atoms with Crippen LogP contribution in [0.3, 0.4) is 0 Å². The van der Waals surface area contributed by atoms with E-state index in [0.717, 1.165) is 25.2 Å². The second kappa shape index (κ2) is 7.77. The van der Waals surface area contributed by atoms with Crippen molar-refractivity contribution >= 4 is 15.7 Å². The summed E-state index contributed by atoms with van der Waals surface area (Å²) in [7, 11) is -3.79. The minimum Gasteiger partial charge on any atom is -0.419 e. The van der Waals surface area contributed by atoms with Crippen molar-refractivity contribution in [2.75, 3.05) is 37.6 Å². The maximum absolute atomic E-state index is 13.3. The SMILES string of the molecule is CCN1CCN(c2oc(-c3ccccc3)nc2S(=O)(=O)c2ccccc2)CC1. The molecular formula is C21H23N3O3S. The van der Waals surface area contributed by atoms with Gasteiger partial charge in [-0.3, -0.25) is 0 Å². The third-order valence-corrected chi connectivity index (χ3v) is 6.68. The van der Waals surface area contributed by atoms with Gasteiger partial charge in [-0.25, -0.2) is 8.42 Å². The summed E-state index contributed by atoms with van der Waals surface area (Å²) in [5.41, 5.74) is 0.755. The average Bonchev–Trinajstić information content (AvgIpc) is 3.21. The highest BCUT2D eigenvalue weighted by Gasteiger charge is 2.32. The maximum Gasteiger partial charge on any atom is 0.236 e. The highest BCUT2D eigenvalue weighted by molar-refractivity contribution is 7.91. The second-order valence-electron chi connectivity index (χ2n) is 6.73. The fraction of sp³-hybridized carbons (Fsp3) is 0.286. The van der Waals surface area contributed by atoms with Crippen LogP contribution in [0.15, 0.2) is 75.0 Å². The average molecular weight is 398 g/mol. The molecule has 0 radical (unpaired) electrons. The third kappa shape index (κ3) is 3.55. The molecule has 2 heterocycles. The summed E-state index contributed by atoms with van der Waals surface area (Å²) < 4.78 is 32.6. The Morgan fingerprint density at radius 2 is 1.54 bits per heavy atom. The van der Waals surface area contributed by atoms with Crippen molar-refractivity contribution in [3.63, 3.8) is 0 Å². The Kier molecular flexibility index (Phi) is 5.19. The van der Waals surface area contributed by atoms with Crippen LogP contribution in [0.1, 0.15) is 6.92 Å². The molecule has 1 aliphatic rings. The standard InChI is InChI=1S/C21H23N3O3S/c1-2-23-13-15-24(16-14-23)21-20(28(25,26)18-11-7-4-8-12-18)22-19(27-21)17-9-5-3-6-10-17/h3-12H,2,13-16H2,1H3. The number of rotatable bonds is 5. The zero-order chi connectivity index (χ0) is 19.6. The Morgan fingerprint density at radius 3 is 2.14 bits per heavy atom. The molecule has 0 bridgehead atoms. The van der Waals surface area contributed by atoms with E-state index in [4.69, 9.17) is 4.42 Å². The van der Waals surface area contributed by atoms with Gasteiger partial charge >= 0.3 is 0 Å². The molecule has 1 fully saturated rings. The van der Waals surface area contributed by atoms with Crippen molar-refractivity contribution in [3.05, 3.63) is 60.7 Å². The first-order valence-corrected chi connectivity index (χ1v) is 10.9. The van der Waals surface area contributed by atoms with Crippen LogP contribution in [0.25, 0.3) is 11.5 Å². The van der Waals surface area contributed by atoms with Crippen LogP contribution in [0, 0.1) is 0 Å². The lowest BCUT2D eigenvalue weighted by Gasteiger charge is -2.33. The second-order valence-corrected chi connectivity index (χ2v) is 8.60. The fourth-order valence-electron chi connectivity index (χ4n) is 3.36. The lowest BCUT2D eigenvalue weighted by atomic mass is 10.2. The van der Waals surface area contributed by atoms with E-state index in [-0.39, 0.29) is 9.92 Å². The number of benzene rings is 2. The van der Waals surface area contributed by atoms with E-state index in [1.165, 1.54) is 0 Å². The molecule has 0 N–H and O–H groups in total. The van der Waals surface area contributed by atoms with Gasteiger partial charge in [0.1, 0.15) is 0 Å². The lowest BCUT2D eigenvalue weighted by Crippen LogP contribution is -2.46. The Labute approximate surface area is 165 Å². The molecular weight excluding hydrogens is 374 g/mol. The van der Waals surface area contributed by atoms with E-state index in [1.807, 2.05) is 35.2 Å². The van der Waals surface area contributed by atoms with Crippen LogP contribution >= 0.6 is 0 Å². The number of sulfone groups is 1. The van der Waals surface area contributed by atoms with Crippen LogP contribution in [-0.2, 0) is 9.84 Å². The topological polar surface area (TPSA) is 66.7 Å². The largest absolute Gasteiger partial charge is 0.419 e. The van der Waals surface area contributed by atoms with E-state index in [9.17, 15) is 8.42 Å². The predicted octanol–water partition coefficient (Wildman–Crippen LogP) is 3.32. The fourth-order valence-corrected chi connectivity index (χ4v) is 4.70. The minimum atomic E-state index is -3.79. The van der Waals surface area contributed by atoms with Crippen molar-refractivity contribution in [3.8, 4) is 11.5 Å². The van der Waals surface area contributed by atoms with Crippen molar-refractivity contribution in [1.29, 1.82) is 0 Å². The summed E-state index contributed by atoms with van der Waals surface area (Å²) in [5, 5.41) is -0.0116. The number of piperazine rings is 1. The van der Waals surface area contributed by atoms with Gasteiger partial charge in [0.15, 0.2) is 0 Å². The Balaban J connectivity index is 1.79. The van der Waals surface area contributed by atoms with Crippen LogP contribution in [0.2, 0.25) is 0 Å². The molecule has 6 nitrogen and oxygen atoms in total. The van der Waals surface area contributed by atoms with E-state index in [1.54, 1.807) is 30.3 Å². The number of nitrogens with zero attached hydrogens (tertiary/aromatic N) is 3. The summed E-state index contributed by atoms with van der Waals surface area (Å²) in [5.74, 6) is 0.654. The van der Waals surface area contributed by atoms with Gasteiger partial charge in [0, 0.05) is 31.7 Å². The van der Waals surface area contributed by atoms with E-state index < -0.39 is 9.84 Å². The van der Waals surface area contributed by atoms with Gasteiger partial charge in [0.05, 0.1) is 4.90 Å². The number of hydrogen-bond donors (Lipinski definition) is 0. The van der Waals surface area contributed by atoms with Crippen molar-refractivity contribution in [2.45, 2.75) is 16.8 Å². The Bertz CT molecular complexity index is 1030. The minimum absolute atomic E-state index is 0.0116. The first-order chi connectivity index (χ1) is 13.6. The molecule has 1 aromatic heterocycles. The molecule has 28 heavy (non-hydrogen) atoms. The number of anilines is 1. The van der Waals surface area contributed by atoms with E-state index in [0.29, 0.717) is 24.9 Å². The molecule has 0 atom stereocenters. The number of aromatic nitrogens is 1. The molecule has 4 rings (SSSR count). The van der Waals surface area contributed by atoms with Gasteiger partial charge in [-0.2, -0.15) is 4.98 Å². The normalized spacial score (nSPS) is 15.7. The molecule has 0 unspecified atom stereocenters. The molecule has 0 amide bonds. The Hall–Kier alpha value is -2.64. The third-order valence-electron chi connectivity index (χ3n) is 5.01. The molecule has 1 saturated heterocycles. The lowest BCUT2D eigenvalue weighted by molar-refractivity contribution is 0.266. The monoisotopic (exact) mass is 397 g/mol. The number of hydrogen-bond acceptors (Lipinski definition) is 6. The first-order valence-electron chi connectivity index (χ1n) is 9.43. The molecule has 0 saturated carbocycles. The summed E-state index contributed by atoms with van der Waals surface area (Å²) in [6.07, 6.45) is 0. The summed E-state index contributed by atoms with van der Waals surface area (Å²) >= 11 is 0. The Morgan fingerprint density at radius 1 is 0.929 bits per heavy atom. The molecule has 3 aromatic rings. The van der Waals surface area contributed by atoms with Gasteiger partial charge in [-0.05, 0) is 30.8 Å². The smallest absolute Gasteiger partial charge is 0.236 e. The quantitative estimate of drug-likeness (QED) is 0.658. The molecule has 146 valence electrons. The maximum atomic E-state index is 13.3. The van der Waals surface area contributed by atoms with E-state index >= 15 is 0 Å². The van der Waals surface area contributed by atoms with Gasteiger partial charge in [-0.15, -0.1) is 0 Å². The molecule has 0 spiro atoms. The summed E-state index contributed by atoms with van der Waals surface area (Å²) in [6.45, 7) is 6.24. The van der Waals surface area contributed by atoms with E-state index in [2.05, 4.69) is 16.8 Å². The number of oxazole rings is 1. The predicted molar refractivity (Wildman–Crippen MR) is 108 cm³/mol. The summed E-state index contributed by atoms with van der Waals surface area (Å²) in [6, 6.07) is 17.8. The van der Waals surface area contributed by atoms with Crippen LogP contribution in [-0.4, -0.2) is 51.0 Å². The molecule has 0 aliphatic carbocycles. The zero-order valence-electron chi connectivity index (χ0n) is 15.8.